The SMILES string of the molecule is Br.CCCc1cc(Br)c2c(Cl)cc(Cl)cc2n1. The quantitative estimate of drug-likeness (QED) is 0.618. The van der Waals surface area contributed by atoms with Gasteiger partial charge in [-0.15, -0.1) is 17.0 Å². The number of benzene rings is 1. The van der Waals surface area contributed by atoms with Crippen molar-refractivity contribution in [2.45, 2.75) is 19.8 Å². The third-order valence-corrected chi connectivity index (χ3v) is 3.48. The second-order valence-corrected chi connectivity index (χ2v) is 5.33. The standard InChI is InChI=1S/C12H10BrCl2N.BrH/c1-2-3-8-6-9(13)12-10(15)4-7(14)5-11(12)16-8;/h4-6H,2-3H2,1H3;1H. The highest BCUT2D eigenvalue weighted by Gasteiger charge is 2.08. The van der Waals surface area contributed by atoms with E-state index in [9.17, 15) is 0 Å². The molecule has 1 aromatic heterocycles. The molecule has 92 valence electrons. The monoisotopic (exact) mass is 397 g/mol. The van der Waals surface area contributed by atoms with Crippen molar-refractivity contribution >= 4 is 67.0 Å². The Labute approximate surface area is 129 Å². The maximum absolute atomic E-state index is 6.14. The van der Waals surface area contributed by atoms with Gasteiger partial charge in [-0.3, -0.25) is 4.98 Å². The lowest BCUT2D eigenvalue weighted by Crippen LogP contribution is -1.91. The summed E-state index contributed by atoms with van der Waals surface area (Å²) < 4.78 is 0.975. The Morgan fingerprint density at radius 2 is 1.94 bits per heavy atom. The summed E-state index contributed by atoms with van der Waals surface area (Å²) in [4.78, 5) is 4.55. The van der Waals surface area contributed by atoms with Crippen LogP contribution in [0.15, 0.2) is 22.7 Å². The largest absolute Gasteiger partial charge is 0.253 e. The fraction of sp³-hybridized carbons (Fsp3) is 0.250. The fourth-order valence-electron chi connectivity index (χ4n) is 1.67. The molecule has 1 heterocycles. The highest BCUT2D eigenvalue weighted by Crippen LogP contribution is 2.33. The zero-order chi connectivity index (χ0) is 11.7. The fourth-order valence-corrected chi connectivity index (χ4v) is 3.05. The van der Waals surface area contributed by atoms with Gasteiger partial charge in [0.2, 0.25) is 0 Å². The molecule has 2 aromatic rings. The van der Waals surface area contributed by atoms with Crippen LogP contribution in [0.4, 0.5) is 0 Å². The molecule has 0 spiro atoms. The molecule has 0 fully saturated rings. The predicted molar refractivity (Wildman–Crippen MR) is 83.8 cm³/mol. The van der Waals surface area contributed by atoms with Crippen molar-refractivity contribution in [1.29, 1.82) is 0 Å². The lowest BCUT2D eigenvalue weighted by Gasteiger charge is -2.06. The van der Waals surface area contributed by atoms with Crippen molar-refractivity contribution in [2.75, 3.05) is 0 Å². The molecular formula is C12H11Br2Cl2N. The highest BCUT2D eigenvalue weighted by atomic mass is 79.9. The van der Waals surface area contributed by atoms with Gasteiger partial charge in [-0.25, -0.2) is 0 Å². The summed E-state index contributed by atoms with van der Waals surface area (Å²) in [5.41, 5.74) is 1.90. The second-order valence-electron chi connectivity index (χ2n) is 3.63. The minimum absolute atomic E-state index is 0. The Morgan fingerprint density at radius 1 is 1.24 bits per heavy atom. The van der Waals surface area contributed by atoms with E-state index < -0.39 is 0 Å². The lowest BCUT2D eigenvalue weighted by molar-refractivity contribution is 0.889. The Balaban J connectivity index is 0.00000144. The van der Waals surface area contributed by atoms with Crippen molar-refractivity contribution in [3.05, 3.63) is 38.4 Å². The van der Waals surface area contributed by atoms with Gasteiger partial charge < -0.3 is 0 Å². The van der Waals surface area contributed by atoms with Crippen molar-refractivity contribution in [3.8, 4) is 0 Å². The first-order chi connectivity index (χ1) is 7.61. The second kappa shape index (κ2) is 6.37. The number of aromatic nitrogens is 1. The van der Waals surface area contributed by atoms with Gasteiger partial charge in [0.05, 0.1) is 10.5 Å². The number of fused-ring (bicyclic) bond motifs is 1. The summed E-state index contributed by atoms with van der Waals surface area (Å²) in [6.07, 6.45) is 2.03. The summed E-state index contributed by atoms with van der Waals surface area (Å²) in [6, 6.07) is 5.59. The first kappa shape index (κ1) is 15.2. The summed E-state index contributed by atoms with van der Waals surface area (Å²) in [7, 11) is 0. The van der Waals surface area contributed by atoms with Crippen LogP contribution in [0.25, 0.3) is 10.9 Å². The molecule has 0 atom stereocenters. The Kier molecular flexibility index (Phi) is 5.71. The minimum atomic E-state index is 0. The van der Waals surface area contributed by atoms with Crippen LogP contribution in [-0.2, 0) is 6.42 Å². The van der Waals surface area contributed by atoms with Crippen LogP contribution in [0, 0.1) is 0 Å². The first-order valence-corrected chi connectivity index (χ1v) is 6.61. The van der Waals surface area contributed by atoms with E-state index in [1.807, 2.05) is 12.1 Å². The molecule has 0 aliphatic carbocycles. The molecule has 1 aromatic carbocycles. The van der Waals surface area contributed by atoms with Crippen LogP contribution >= 0.6 is 56.1 Å². The third-order valence-electron chi connectivity index (χ3n) is 2.34. The molecule has 0 N–H and O–H groups in total. The third kappa shape index (κ3) is 3.34. The number of nitrogens with zero attached hydrogens (tertiary/aromatic N) is 1. The molecule has 2 rings (SSSR count). The molecule has 0 aliphatic rings. The van der Waals surface area contributed by atoms with Crippen LogP contribution in [0.5, 0.6) is 0 Å². The maximum Gasteiger partial charge on any atom is 0.0746 e. The number of hydrogen-bond donors (Lipinski definition) is 0. The Hall–Kier alpha value is 0.170. The zero-order valence-corrected chi connectivity index (χ0v) is 13.9. The van der Waals surface area contributed by atoms with Crippen molar-refractivity contribution in [3.63, 3.8) is 0 Å². The highest BCUT2D eigenvalue weighted by molar-refractivity contribution is 9.10. The van der Waals surface area contributed by atoms with Crippen molar-refractivity contribution in [1.82, 2.24) is 4.98 Å². The first-order valence-electron chi connectivity index (χ1n) is 5.06. The van der Waals surface area contributed by atoms with Gasteiger partial charge in [0.1, 0.15) is 0 Å². The molecule has 0 saturated carbocycles. The molecule has 0 saturated heterocycles. The molecule has 0 bridgehead atoms. The van der Waals surface area contributed by atoms with Crippen LogP contribution in [0.1, 0.15) is 19.0 Å². The van der Waals surface area contributed by atoms with Gasteiger partial charge in [0.15, 0.2) is 0 Å². The molecule has 0 radical (unpaired) electrons. The van der Waals surface area contributed by atoms with Crippen LogP contribution < -0.4 is 0 Å². The van der Waals surface area contributed by atoms with E-state index in [-0.39, 0.29) is 17.0 Å². The predicted octanol–water partition coefficient (Wildman–Crippen LogP) is 5.83. The van der Waals surface area contributed by atoms with Crippen LogP contribution in [0.3, 0.4) is 0 Å². The Morgan fingerprint density at radius 3 is 2.59 bits per heavy atom. The number of hydrogen-bond acceptors (Lipinski definition) is 1. The number of aryl methyl sites for hydroxylation is 1. The average Bonchev–Trinajstić information content (AvgIpc) is 2.15. The van der Waals surface area contributed by atoms with E-state index in [1.165, 1.54) is 0 Å². The summed E-state index contributed by atoms with van der Waals surface area (Å²) in [5.74, 6) is 0. The van der Waals surface area contributed by atoms with E-state index in [0.29, 0.717) is 10.0 Å². The maximum atomic E-state index is 6.14. The van der Waals surface area contributed by atoms with E-state index in [0.717, 1.165) is 33.9 Å². The number of rotatable bonds is 2. The zero-order valence-electron chi connectivity index (χ0n) is 9.14. The van der Waals surface area contributed by atoms with E-state index in [4.69, 9.17) is 23.2 Å². The molecule has 17 heavy (non-hydrogen) atoms. The van der Waals surface area contributed by atoms with E-state index in [2.05, 4.69) is 27.8 Å². The lowest BCUT2D eigenvalue weighted by atomic mass is 10.1. The average molecular weight is 400 g/mol. The van der Waals surface area contributed by atoms with Crippen molar-refractivity contribution in [2.24, 2.45) is 0 Å². The van der Waals surface area contributed by atoms with Gasteiger partial charge in [0, 0.05) is 20.6 Å². The van der Waals surface area contributed by atoms with Crippen molar-refractivity contribution < 1.29 is 0 Å². The number of halogens is 4. The molecule has 0 unspecified atom stereocenters. The summed E-state index contributed by atoms with van der Waals surface area (Å²) >= 11 is 15.6. The van der Waals surface area contributed by atoms with Crippen LogP contribution in [0.2, 0.25) is 10.0 Å². The number of pyridine rings is 1. The van der Waals surface area contributed by atoms with Gasteiger partial charge in [-0.2, -0.15) is 0 Å². The molecule has 1 nitrogen and oxygen atoms in total. The normalized spacial score (nSPS) is 10.4. The van der Waals surface area contributed by atoms with E-state index >= 15 is 0 Å². The Bertz CT molecular complexity index is 544. The van der Waals surface area contributed by atoms with Gasteiger partial charge in [0.25, 0.3) is 0 Å². The topological polar surface area (TPSA) is 12.9 Å². The van der Waals surface area contributed by atoms with Gasteiger partial charge >= 0.3 is 0 Å². The summed E-state index contributed by atoms with van der Waals surface area (Å²) in [6.45, 7) is 2.13. The minimum Gasteiger partial charge on any atom is -0.253 e. The van der Waals surface area contributed by atoms with E-state index in [1.54, 1.807) is 6.07 Å². The van der Waals surface area contributed by atoms with Gasteiger partial charge in [-0.05, 0) is 40.5 Å². The smallest absolute Gasteiger partial charge is 0.0746 e. The van der Waals surface area contributed by atoms with Crippen LogP contribution in [-0.4, -0.2) is 4.98 Å². The van der Waals surface area contributed by atoms with Gasteiger partial charge in [-0.1, -0.05) is 36.5 Å². The summed E-state index contributed by atoms with van der Waals surface area (Å²) in [5, 5.41) is 2.17. The molecule has 5 heteroatoms. The molecule has 0 amide bonds. The molecular weight excluding hydrogens is 389 g/mol. The molecule has 0 aliphatic heterocycles.